The second-order valence-electron chi connectivity index (χ2n) is 7.34. The molecule has 0 saturated carbocycles. The average molecular weight is 444 g/mol. The Balaban J connectivity index is 1.49. The molecule has 0 spiro atoms. The molecule has 31 heavy (non-hydrogen) atoms. The molecule has 0 aliphatic carbocycles. The van der Waals surface area contributed by atoms with E-state index in [9.17, 15) is 18.4 Å². The molecule has 0 aliphatic heterocycles. The van der Waals surface area contributed by atoms with Crippen LogP contribution in [-0.2, 0) is 4.79 Å². The van der Waals surface area contributed by atoms with E-state index in [1.807, 2.05) is 19.2 Å². The third kappa shape index (κ3) is 5.73. The zero-order chi connectivity index (χ0) is 22.5. The second-order valence-corrected chi connectivity index (χ2v) is 8.20. The number of aryl methyl sites for hydroxylation is 3. The molecular formula is C23H23F2N3O2S. The van der Waals surface area contributed by atoms with Gasteiger partial charge in [0.05, 0.1) is 11.3 Å². The Kier molecular flexibility index (Phi) is 7.12. The van der Waals surface area contributed by atoms with Crippen molar-refractivity contribution in [3.63, 3.8) is 0 Å². The number of halogens is 2. The van der Waals surface area contributed by atoms with Gasteiger partial charge in [0.15, 0.2) is 5.13 Å². The Bertz CT molecular complexity index is 1100. The van der Waals surface area contributed by atoms with Crippen LogP contribution in [0.3, 0.4) is 0 Å². The Morgan fingerprint density at radius 1 is 1.06 bits per heavy atom. The highest BCUT2D eigenvalue weighted by atomic mass is 32.1. The molecule has 1 heterocycles. The first-order chi connectivity index (χ1) is 14.7. The Hall–Kier alpha value is -3.13. The van der Waals surface area contributed by atoms with Gasteiger partial charge in [0.25, 0.3) is 5.91 Å². The molecule has 0 unspecified atom stereocenters. The van der Waals surface area contributed by atoms with E-state index < -0.39 is 17.5 Å². The second kappa shape index (κ2) is 9.78. The van der Waals surface area contributed by atoms with Crippen LogP contribution in [0.15, 0.2) is 35.7 Å². The first kappa shape index (κ1) is 22.6. The smallest absolute Gasteiger partial charge is 0.254 e. The minimum absolute atomic E-state index is 0.170. The predicted octanol–water partition coefficient (Wildman–Crippen LogP) is 5.16. The molecule has 8 heteroatoms. The van der Waals surface area contributed by atoms with Crippen LogP contribution in [0.25, 0.3) is 11.3 Å². The van der Waals surface area contributed by atoms with E-state index in [4.69, 9.17) is 0 Å². The van der Waals surface area contributed by atoms with Gasteiger partial charge in [0, 0.05) is 30.0 Å². The van der Waals surface area contributed by atoms with Crippen molar-refractivity contribution in [2.75, 3.05) is 11.9 Å². The van der Waals surface area contributed by atoms with Crippen LogP contribution in [-0.4, -0.2) is 23.3 Å². The van der Waals surface area contributed by atoms with Gasteiger partial charge in [-0.3, -0.25) is 9.59 Å². The molecule has 0 atom stereocenters. The summed E-state index contributed by atoms with van der Waals surface area (Å²) in [7, 11) is 0. The van der Waals surface area contributed by atoms with Crippen molar-refractivity contribution < 1.29 is 18.4 Å². The van der Waals surface area contributed by atoms with E-state index in [1.54, 1.807) is 0 Å². The van der Waals surface area contributed by atoms with Crippen molar-refractivity contribution in [2.45, 2.75) is 33.6 Å². The molecule has 5 nitrogen and oxygen atoms in total. The normalized spacial score (nSPS) is 10.7. The third-order valence-corrected chi connectivity index (χ3v) is 5.48. The molecule has 2 N–H and O–H groups in total. The van der Waals surface area contributed by atoms with Crippen molar-refractivity contribution in [1.82, 2.24) is 10.3 Å². The topological polar surface area (TPSA) is 71.1 Å². The van der Waals surface area contributed by atoms with Gasteiger partial charge in [0.2, 0.25) is 5.91 Å². The highest BCUT2D eigenvalue weighted by molar-refractivity contribution is 7.14. The van der Waals surface area contributed by atoms with Gasteiger partial charge < -0.3 is 10.6 Å². The summed E-state index contributed by atoms with van der Waals surface area (Å²) in [5, 5.41) is 7.72. The molecular weight excluding hydrogens is 420 g/mol. The summed E-state index contributed by atoms with van der Waals surface area (Å²) < 4.78 is 26.5. The number of hydrogen-bond acceptors (Lipinski definition) is 4. The molecule has 2 aromatic carbocycles. The fourth-order valence-corrected chi connectivity index (χ4v) is 4.15. The SMILES string of the molecule is Cc1cc(C)c(-c2csc(NC(=O)CCCNC(=O)c3ccc(F)cc3F)n2)c(C)c1. The Morgan fingerprint density at radius 2 is 1.77 bits per heavy atom. The van der Waals surface area contributed by atoms with E-state index >= 15 is 0 Å². The van der Waals surface area contributed by atoms with Crippen molar-refractivity contribution in [2.24, 2.45) is 0 Å². The summed E-state index contributed by atoms with van der Waals surface area (Å²) in [6.45, 7) is 6.32. The van der Waals surface area contributed by atoms with E-state index in [1.165, 1.54) is 16.9 Å². The van der Waals surface area contributed by atoms with Crippen LogP contribution in [0.5, 0.6) is 0 Å². The lowest BCUT2D eigenvalue weighted by molar-refractivity contribution is -0.116. The fourth-order valence-electron chi connectivity index (χ4n) is 3.43. The number of nitrogens with one attached hydrogen (secondary N) is 2. The summed E-state index contributed by atoms with van der Waals surface area (Å²) in [6.07, 6.45) is 0.540. The van der Waals surface area contributed by atoms with E-state index in [0.29, 0.717) is 17.6 Å². The lowest BCUT2D eigenvalue weighted by atomic mass is 9.98. The maximum atomic E-state index is 13.6. The van der Waals surface area contributed by atoms with Crippen LogP contribution in [0.1, 0.15) is 39.9 Å². The monoisotopic (exact) mass is 443 g/mol. The van der Waals surface area contributed by atoms with Crippen molar-refractivity contribution in [3.05, 3.63) is 69.6 Å². The summed E-state index contributed by atoms with van der Waals surface area (Å²) >= 11 is 1.35. The van der Waals surface area contributed by atoms with Gasteiger partial charge in [-0.2, -0.15) is 0 Å². The Labute approximate surface area is 183 Å². The minimum atomic E-state index is -0.922. The lowest BCUT2D eigenvalue weighted by Gasteiger charge is -2.09. The molecule has 162 valence electrons. The number of carbonyl (C=O) groups excluding carboxylic acids is 2. The van der Waals surface area contributed by atoms with E-state index in [0.717, 1.165) is 34.5 Å². The fraction of sp³-hybridized carbons (Fsp3) is 0.261. The number of benzene rings is 2. The molecule has 0 bridgehead atoms. The first-order valence-electron chi connectivity index (χ1n) is 9.81. The summed E-state index contributed by atoms with van der Waals surface area (Å²) in [5.74, 6) is -2.54. The molecule has 0 aliphatic rings. The van der Waals surface area contributed by atoms with Gasteiger partial charge in [0.1, 0.15) is 11.6 Å². The van der Waals surface area contributed by atoms with Gasteiger partial charge in [-0.1, -0.05) is 17.7 Å². The molecule has 2 amide bonds. The van der Waals surface area contributed by atoms with Gasteiger partial charge in [-0.05, 0) is 50.5 Å². The zero-order valence-electron chi connectivity index (χ0n) is 17.5. The number of hydrogen-bond donors (Lipinski definition) is 2. The average Bonchev–Trinajstić information content (AvgIpc) is 3.12. The summed E-state index contributed by atoms with van der Waals surface area (Å²) in [6, 6.07) is 6.97. The molecule has 0 saturated heterocycles. The van der Waals surface area contributed by atoms with Gasteiger partial charge in [-0.25, -0.2) is 13.8 Å². The standard InChI is InChI=1S/C23H23F2N3O2S/c1-13-9-14(2)21(15(3)10-13)19-12-31-23(27-19)28-20(29)5-4-8-26-22(30)17-7-6-16(24)11-18(17)25/h6-7,9-12H,4-5,8H2,1-3H3,(H,26,30)(H,27,28,29). The number of thiazole rings is 1. The molecule has 3 aromatic rings. The highest BCUT2D eigenvalue weighted by Gasteiger charge is 2.14. The first-order valence-corrected chi connectivity index (χ1v) is 10.7. The van der Waals surface area contributed by atoms with Crippen molar-refractivity contribution in [3.8, 4) is 11.3 Å². The zero-order valence-corrected chi connectivity index (χ0v) is 18.3. The lowest BCUT2D eigenvalue weighted by Crippen LogP contribution is -2.26. The van der Waals surface area contributed by atoms with Crippen LogP contribution in [0, 0.1) is 32.4 Å². The quantitative estimate of drug-likeness (QED) is 0.496. The van der Waals surface area contributed by atoms with Crippen LogP contribution in [0.2, 0.25) is 0 Å². The Morgan fingerprint density at radius 3 is 2.45 bits per heavy atom. The number of anilines is 1. The van der Waals surface area contributed by atoms with Crippen molar-refractivity contribution in [1.29, 1.82) is 0 Å². The van der Waals surface area contributed by atoms with Crippen LogP contribution >= 0.6 is 11.3 Å². The maximum absolute atomic E-state index is 13.6. The number of amides is 2. The molecule has 0 fully saturated rings. The predicted molar refractivity (Wildman–Crippen MR) is 118 cm³/mol. The number of aromatic nitrogens is 1. The molecule has 1 aromatic heterocycles. The summed E-state index contributed by atoms with van der Waals surface area (Å²) in [4.78, 5) is 28.7. The highest BCUT2D eigenvalue weighted by Crippen LogP contribution is 2.31. The van der Waals surface area contributed by atoms with Crippen LogP contribution in [0.4, 0.5) is 13.9 Å². The van der Waals surface area contributed by atoms with E-state index in [-0.39, 0.29) is 24.4 Å². The molecule has 3 rings (SSSR count). The number of carbonyl (C=O) groups is 2. The maximum Gasteiger partial charge on any atom is 0.254 e. The number of rotatable bonds is 7. The largest absolute Gasteiger partial charge is 0.352 e. The van der Waals surface area contributed by atoms with Crippen LogP contribution < -0.4 is 10.6 Å². The molecule has 0 radical (unpaired) electrons. The third-order valence-electron chi connectivity index (χ3n) is 4.73. The number of nitrogens with zero attached hydrogens (tertiary/aromatic N) is 1. The van der Waals surface area contributed by atoms with Crippen molar-refractivity contribution >= 4 is 28.3 Å². The minimum Gasteiger partial charge on any atom is -0.352 e. The van der Waals surface area contributed by atoms with Gasteiger partial charge >= 0.3 is 0 Å². The van der Waals surface area contributed by atoms with E-state index in [2.05, 4.69) is 34.7 Å². The van der Waals surface area contributed by atoms with Gasteiger partial charge in [-0.15, -0.1) is 11.3 Å². The summed E-state index contributed by atoms with van der Waals surface area (Å²) in [5.41, 5.74) is 5.12.